The first-order valence-electron chi connectivity index (χ1n) is 9.99. The maximum absolute atomic E-state index is 12.3. The SMILES string of the molecule is Cc1cc(NC(=O)COc2ccccc2/C=N\NC(=O)C(=O)Nc2cccc(Cl)c2)ccc1Br. The molecule has 0 bridgehead atoms. The van der Waals surface area contributed by atoms with Crippen molar-refractivity contribution in [3.63, 3.8) is 0 Å². The molecule has 0 saturated heterocycles. The van der Waals surface area contributed by atoms with Crippen molar-refractivity contribution < 1.29 is 19.1 Å². The van der Waals surface area contributed by atoms with E-state index < -0.39 is 11.8 Å². The second-order valence-corrected chi connectivity index (χ2v) is 8.29. The second kappa shape index (κ2) is 12.0. The number of benzene rings is 3. The number of aryl methyl sites for hydroxylation is 1. The van der Waals surface area contributed by atoms with Gasteiger partial charge in [-0.25, -0.2) is 5.43 Å². The van der Waals surface area contributed by atoms with E-state index in [1.807, 2.05) is 19.1 Å². The molecule has 0 aliphatic carbocycles. The predicted octanol–water partition coefficient (Wildman–Crippen LogP) is 4.52. The van der Waals surface area contributed by atoms with Crippen LogP contribution in [0.3, 0.4) is 0 Å². The number of hydrogen-bond acceptors (Lipinski definition) is 5. The highest BCUT2D eigenvalue weighted by atomic mass is 79.9. The number of halogens is 2. The summed E-state index contributed by atoms with van der Waals surface area (Å²) >= 11 is 9.27. The van der Waals surface area contributed by atoms with Crippen molar-refractivity contribution >= 4 is 62.8 Å². The number of nitrogens with one attached hydrogen (secondary N) is 3. The van der Waals surface area contributed by atoms with Crippen molar-refractivity contribution in [3.8, 4) is 5.75 Å². The monoisotopic (exact) mass is 542 g/mol. The summed E-state index contributed by atoms with van der Waals surface area (Å²) in [6.07, 6.45) is 1.32. The van der Waals surface area contributed by atoms with Gasteiger partial charge in [0.15, 0.2) is 6.61 Å². The molecule has 0 atom stereocenters. The topological polar surface area (TPSA) is 109 Å². The van der Waals surface area contributed by atoms with Gasteiger partial charge in [-0.05, 0) is 61.0 Å². The number of nitrogens with zero attached hydrogens (tertiary/aromatic N) is 1. The van der Waals surface area contributed by atoms with Gasteiger partial charge < -0.3 is 15.4 Å². The van der Waals surface area contributed by atoms with Crippen molar-refractivity contribution in [2.75, 3.05) is 17.2 Å². The summed E-state index contributed by atoms with van der Waals surface area (Å²) in [7, 11) is 0. The molecule has 174 valence electrons. The molecule has 0 fully saturated rings. The molecular weight excluding hydrogens is 524 g/mol. The third kappa shape index (κ3) is 7.43. The van der Waals surface area contributed by atoms with Crippen LogP contribution in [0.5, 0.6) is 5.75 Å². The molecule has 0 unspecified atom stereocenters. The number of hydrazone groups is 1. The molecule has 0 aliphatic heterocycles. The average Bonchev–Trinajstić information content (AvgIpc) is 2.80. The first kappa shape index (κ1) is 24.9. The highest BCUT2D eigenvalue weighted by Crippen LogP contribution is 2.20. The summed E-state index contributed by atoms with van der Waals surface area (Å²) in [6, 6.07) is 18.7. The van der Waals surface area contributed by atoms with Crippen LogP contribution in [0.1, 0.15) is 11.1 Å². The Morgan fingerprint density at radius 1 is 0.971 bits per heavy atom. The van der Waals surface area contributed by atoms with Gasteiger partial charge in [-0.2, -0.15) is 5.10 Å². The predicted molar refractivity (Wildman–Crippen MR) is 135 cm³/mol. The number of ether oxygens (including phenoxy) is 1. The van der Waals surface area contributed by atoms with Gasteiger partial charge in [0.2, 0.25) is 0 Å². The Morgan fingerprint density at radius 3 is 2.50 bits per heavy atom. The minimum absolute atomic E-state index is 0.228. The number of hydrogen-bond donors (Lipinski definition) is 3. The van der Waals surface area contributed by atoms with Gasteiger partial charge in [-0.15, -0.1) is 0 Å². The molecule has 3 N–H and O–H groups in total. The summed E-state index contributed by atoms with van der Waals surface area (Å²) < 4.78 is 6.55. The lowest BCUT2D eigenvalue weighted by Crippen LogP contribution is -2.32. The lowest BCUT2D eigenvalue weighted by atomic mass is 10.2. The number of amides is 3. The van der Waals surface area contributed by atoms with E-state index in [4.69, 9.17) is 16.3 Å². The minimum Gasteiger partial charge on any atom is -0.483 e. The quantitative estimate of drug-likeness (QED) is 0.231. The van der Waals surface area contributed by atoms with Crippen molar-refractivity contribution in [3.05, 3.63) is 87.4 Å². The molecule has 3 aromatic carbocycles. The summed E-state index contributed by atoms with van der Waals surface area (Å²) in [5.41, 5.74) is 4.68. The fourth-order valence-electron chi connectivity index (χ4n) is 2.75. The van der Waals surface area contributed by atoms with Gasteiger partial charge in [0.05, 0.1) is 6.21 Å². The van der Waals surface area contributed by atoms with Crippen LogP contribution >= 0.6 is 27.5 Å². The van der Waals surface area contributed by atoms with Crippen molar-refractivity contribution in [2.24, 2.45) is 5.10 Å². The molecule has 8 nitrogen and oxygen atoms in total. The smallest absolute Gasteiger partial charge is 0.329 e. The molecule has 0 heterocycles. The van der Waals surface area contributed by atoms with E-state index >= 15 is 0 Å². The Kier molecular flexibility index (Phi) is 8.78. The Balaban J connectivity index is 1.53. The normalized spacial score (nSPS) is 10.6. The zero-order valence-corrected chi connectivity index (χ0v) is 20.3. The van der Waals surface area contributed by atoms with E-state index in [0.29, 0.717) is 27.7 Å². The number of carbonyl (C=O) groups excluding carboxylic acids is 3. The molecule has 34 heavy (non-hydrogen) atoms. The molecule has 0 spiro atoms. The summed E-state index contributed by atoms with van der Waals surface area (Å²) in [5, 5.41) is 9.41. The van der Waals surface area contributed by atoms with Crippen LogP contribution in [-0.4, -0.2) is 30.5 Å². The van der Waals surface area contributed by atoms with Crippen molar-refractivity contribution in [1.29, 1.82) is 0 Å². The maximum Gasteiger partial charge on any atom is 0.329 e. The lowest BCUT2D eigenvalue weighted by Gasteiger charge is -2.10. The van der Waals surface area contributed by atoms with Gasteiger partial charge in [-0.1, -0.05) is 45.7 Å². The number of anilines is 2. The van der Waals surface area contributed by atoms with E-state index in [-0.39, 0.29) is 12.5 Å². The standard InChI is InChI=1S/C24H20BrClN4O4/c1-15-11-19(9-10-20(15)25)28-22(31)14-34-21-8-3-2-5-16(21)13-27-30-24(33)23(32)29-18-7-4-6-17(26)12-18/h2-13H,14H2,1H3,(H,28,31)(H,29,32)(H,30,33)/b27-13-. The van der Waals surface area contributed by atoms with Crippen LogP contribution in [0, 0.1) is 6.92 Å². The Hall–Kier alpha value is -3.69. The highest BCUT2D eigenvalue weighted by molar-refractivity contribution is 9.10. The molecule has 10 heteroatoms. The van der Waals surface area contributed by atoms with Crippen molar-refractivity contribution in [2.45, 2.75) is 6.92 Å². The zero-order chi connectivity index (χ0) is 24.5. The Morgan fingerprint density at radius 2 is 1.74 bits per heavy atom. The highest BCUT2D eigenvalue weighted by Gasteiger charge is 2.13. The molecule has 0 radical (unpaired) electrons. The first-order valence-corrected chi connectivity index (χ1v) is 11.2. The summed E-state index contributed by atoms with van der Waals surface area (Å²) in [5.74, 6) is -1.81. The number of rotatable bonds is 7. The maximum atomic E-state index is 12.3. The van der Waals surface area contributed by atoms with E-state index in [2.05, 4.69) is 37.1 Å². The van der Waals surface area contributed by atoms with Gasteiger partial charge in [0.1, 0.15) is 5.75 Å². The van der Waals surface area contributed by atoms with Crippen molar-refractivity contribution in [1.82, 2.24) is 5.43 Å². The third-order valence-corrected chi connectivity index (χ3v) is 5.50. The van der Waals surface area contributed by atoms with E-state index in [1.54, 1.807) is 48.5 Å². The van der Waals surface area contributed by atoms with Crippen LogP contribution in [-0.2, 0) is 14.4 Å². The Bertz CT molecular complexity index is 1250. The van der Waals surface area contributed by atoms with E-state index in [9.17, 15) is 14.4 Å². The van der Waals surface area contributed by atoms with Crippen LogP contribution in [0.25, 0.3) is 0 Å². The molecule has 0 aliphatic rings. The fraction of sp³-hybridized carbons (Fsp3) is 0.0833. The summed E-state index contributed by atoms with van der Waals surface area (Å²) in [6.45, 7) is 1.69. The van der Waals surface area contributed by atoms with Gasteiger partial charge in [-0.3, -0.25) is 14.4 Å². The molecule has 3 aromatic rings. The zero-order valence-electron chi connectivity index (χ0n) is 18.0. The van der Waals surface area contributed by atoms with Crippen LogP contribution < -0.4 is 20.8 Å². The van der Waals surface area contributed by atoms with E-state index in [0.717, 1.165) is 10.0 Å². The molecule has 0 saturated carbocycles. The number of carbonyl (C=O) groups is 3. The second-order valence-electron chi connectivity index (χ2n) is 7.00. The van der Waals surface area contributed by atoms with E-state index in [1.165, 1.54) is 12.3 Å². The first-order chi connectivity index (χ1) is 16.3. The molecule has 3 rings (SSSR count). The van der Waals surface area contributed by atoms with Crippen LogP contribution in [0.4, 0.5) is 11.4 Å². The van der Waals surface area contributed by atoms with Gasteiger partial charge in [0.25, 0.3) is 5.91 Å². The molecular formula is C24H20BrClN4O4. The number of para-hydroxylation sites is 1. The third-order valence-electron chi connectivity index (χ3n) is 4.38. The molecule has 3 amide bonds. The van der Waals surface area contributed by atoms with Crippen LogP contribution in [0.2, 0.25) is 5.02 Å². The Labute approximate surface area is 209 Å². The lowest BCUT2D eigenvalue weighted by molar-refractivity contribution is -0.136. The van der Waals surface area contributed by atoms with Gasteiger partial charge >= 0.3 is 11.8 Å². The fourth-order valence-corrected chi connectivity index (χ4v) is 3.18. The average molecular weight is 544 g/mol. The van der Waals surface area contributed by atoms with Crippen LogP contribution in [0.15, 0.2) is 76.3 Å². The van der Waals surface area contributed by atoms with Gasteiger partial charge in [0, 0.05) is 26.4 Å². The molecule has 0 aromatic heterocycles. The largest absolute Gasteiger partial charge is 0.483 e. The summed E-state index contributed by atoms with van der Waals surface area (Å²) in [4.78, 5) is 36.2. The minimum atomic E-state index is -0.959.